The van der Waals surface area contributed by atoms with Gasteiger partial charge in [-0.15, -0.1) is 5.11 Å². The van der Waals surface area contributed by atoms with E-state index in [9.17, 15) is 4.79 Å². The maximum Gasteiger partial charge on any atom is 0.160 e. The summed E-state index contributed by atoms with van der Waals surface area (Å²) in [5, 5.41) is 7.58. The van der Waals surface area contributed by atoms with Crippen LogP contribution in [0.2, 0.25) is 0 Å². The summed E-state index contributed by atoms with van der Waals surface area (Å²) in [4.78, 5) is 10.4. The SMILES string of the molecule is CC1(C)N=NC(Cl)=C1C=O. The molecule has 0 fully saturated rings. The van der Waals surface area contributed by atoms with Crippen molar-refractivity contribution in [1.82, 2.24) is 0 Å². The van der Waals surface area contributed by atoms with E-state index in [2.05, 4.69) is 10.2 Å². The lowest BCUT2D eigenvalue weighted by atomic mass is 9.98. The second-order valence-corrected chi connectivity index (χ2v) is 2.94. The van der Waals surface area contributed by atoms with Crippen molar-refractivity contribution in [2.75, 3.05) is 0 Å². The standard InChI is InChI=1S/C6H7ClN2O/c1-6(2)4(3-10)5(7)8-9-6/h3H,1-2H3. The molecule has 10 heavy (non-hydrogen) atoms. The van der Waals surface area contributed by atoms with E-state index < -0.39 is 5.54 Å². The Bertz CT molecular complexity index is 230. The molecule has 0 radical (unpaired) electrons. The first-order valence-electron chi connectivity index (χ1n) is 2.86. The number of hydrogen-bond donors (Lipinski definition) is 0. The fraction of sp³-hybridized carbons (Fsp3) is 0.500. The highest BCUT2D eigenvalue weighted by atomic mass is 35.5. The molecule has 0 amide bonds. The van der Waals surface area contributed by atoms with E-state index in [1.807, 2.05) is 0 Å². The molecule has 0 saturated carbocycles. The van der Waals surface area contributed by atoms with Gasteiger partial charge in [0.05, 0.1) is 5.57 Å². The summed E-state index contributed by atoms with van der Waals surface area (Å²) >= 11 is 5.55. The van der Waals surface area contributed by atoms with Crippen molar-refractivity contribution in [1.29, 1.82) is 0 Å². The normalized spacial score (nSPS) is 21.9. The average Bonchev–Trinajstić information content (AvgIpc) is 2.07. The fourth-order valence-electron chi connectivity index (χ4n) is 0.722. The Morgan fingerprint density at radius 3 is 2.40 bits per heavy atom. The molecule has 0 saturated heterocycles. The van der Waals surface area contributed by atoms with Crippen molar-refractivity contribution < 1.29 is 4.79 Å². The van der Waals surface area contributed by atoms with Gasteiger partial charge in [0.25, 0.3) is 0 Å². The van der Waals surface area contributed by atoms with Crippen molar-refractivity contribution in [3.8, 4) is 0 Å². The summed E-state index contributed by atoms with van der Waals surface area (Å²) in [6.07, 6.45) is 0.697. The minimum atomic E-state index is -0.529. The molecule has 3 nitrogen and oxygen atoms in total. The largest absolute Gasteiger partial charge is 0.298 e. The molecular weight excluding hydrogens is 152 g/mol. The Kier molecular flexibility index (Phi) is 1.60. The first-order valence-corrected chi connectivity index (χ1v) is 3.24. The van der Waals surface area contributed by atoms with Crippen molar-refractivity contribution >= 4 is 17.9 Å². The van der Waals surface area contributed by atoms with Crippen LogP contribution in [-0.2, 0) is 4.79 Å². The molecule has 1 heterocycles. The van der Waals surface area contributed by atoms with Crippen LogP contribution in [0.5, 0.6) is 0 Å². The maximum atomic E-state index is 10.4. The predicted molar refractivity (Wildman–Crippen MR) is 37.9 cm³/mol. The molecule has 0 aromatic heterocycles. The van der Waals surface area contributed by atoms with Crippen molar-refractivity contribution in [3.63, 3.8) is 0 Å². The second-order valence-electron chi connectivity index (χ2n) is 2.58. The Morgan fingerprint density at radius 1 is 1.60 bits per heavy atom. The molecular formula is C6H7ClN2O. The highest BCUT2D eigenvalue weighted by molar-refractivity contribution is 6.31. The Hall–Kier alpha value is -0.700. The van der Waals surface area contributed by atoms with Gasteiger partial charge >= 0.3 is 0 Å². The molecule has 4 heteroatoms. The lowest BCUT2D eigenvalue weighted by Crippen LogP contribution is -2.17. The quantitative estimate of drug-likeness (QED) is 0.424. The fourth-order valence-corrected chi connectivity index (χ4v) is 1.04. The van der Waals surface area contributed by atoms with Crippen LogP contribution >= 0.6 is 11.6 Å². The summed E-state index contributed by atoms with van der Waals surface area (Å²) < 4.78 is 0. The van der Waals surface area contributed by atoms with Gasteiger partial charge in [0.15, 0.2) is 11.4 Å². The summed E-state index contributed by atoms with van der Waals surface area (Å²) in [6, 6.07) is 0. The zero-order chi connectivity index (χ0) is 7.78. The topological polar surface area (TPSA) is 41.8 Å². The van der Waals surface area contributed by atoms with Gasteiger partial charge in [-0.25, -0.2) is 0 Å². The molecule has 0 aliphatic carbocycles. The lowest BCUT2D eigenvalue weighted by molar-refractivity contribution is -0.105. The molecule has 0 N–H and O–H groups in total. The third kappa shape index (κ3) is 0.968. The molecule has 1 rings (SSSR count). The molecule has 0 aromatic carbocycles. The average molecular weight is 159 g/mol. The highest BCUT2D eigenvalue weighted by Crippen LogP contribution is 2.31. The first-order chi connectivity index (χ1) is 4.58. The monoisotopic (exact) mass is 158 g/mol. The van der Waals surface area contributed by atoms with E-state index in [1.165, 1.54) is 0 Å². The number of carbonyl (C=O) groups is 1. The summed E-state index contributed by atoms with van der Waals surface area (Å²) in [6.45, 7) is 3.57. The van der Waals surface area contributed by atoms with Gasteiger partial charge in [-0.05, 0) is 13.8 Å². The van der Waals surface area contributed by atoms with Gasteiger partial charge in [-0.3, -0.25) is 4.79 Å². The molecule has 0 unspecified atom stereocenters. The number of rotatable bonds is 1. The molecule has 1 aliphatic rings. The van der Waals surface area contributed by atoms with E-state index in [1.54, 1.807) is 13.8 Å². The van der Waals surface area contributed by atoms with Crippen LogP contribution in [0.4, 0.5) is 0 Å². The van der Waals surface area contributed by atoms with Gasteiger partial charge in [0.1, 0.15) is 5.54 Å². The third-order valence-electron chi connectivity index (χ3n) is 1.39. The molecule has 54 valence electrons. The molecule has 1 aliphatic heterocycles. The Balaban J connectivity index is 3.08. The van der Waals surface area contributed by atoms with Gasteiger partial charge < -0.3 is 0 Å². The van der Waals surface area contributed by atoms with Crippen LogP contribution in [0, 0.1) is 0 Å². The van der Waals surface area contributed by atoms with E-state index in [4.69, 9.17) is 11.6 Å². The number of nitrogens with zero attached hydrogens (tertiary/aromatic N) is 2. The van der Waals surface area contributed by atoms with Crippen LogP contribution in [0.3, 0.4) is 0 Å². The Morgan fingerprint density at radius 2 is 2.20 bits per heavy atom. The zero-order valence-electron chi connectivity index (χ0n) is 5.76. The lowest BCUT2D eigenvalue weighted by Gasteiger charge is -2.10. The first kappa shape index (κ1) is 7.41. The van der Waals surface area contributed by atoms with Crippen LogP contribution in [0.1, 0.15) is 13.8 Å². The van der Waals surface area contributed by atoms with E-state index in [0.717, 1.165) is 0 Å². The predicted octanol–water partition coefficient (Wildman–Crippen LogP) is 1.88. The summed E-state index contributed by atoms with van der Waals surface area (Å²) in [5.41, 5.74) is -0.0760. The molecule has 0 bridgehead atoms. The minimum Gasteiger partial charge on any atom is -0.298 e. The molecule has 0 aromatic rings. The summed E-state index contributed by atoms with van der Waals surface area (Å²) in [7, 11) is 0. The number of carbonyl (C=O) groups excluding carboxylic acids is 1. The Labute approximate surface area is 63.8 Å². The van der Waals surface area contributed by atoms with Crippen LogP contribution in [0.15, 0.2) is 21.0 Å². The smallest absolute Gasteiger partial charge is 0.160 e. The van der Waals surface area contributed by atoms with Crippen molar-refractivity contribution in [2.24, 2.45) is 10.2 Å². The minimum absolute atomic E-state index is 0.208. The van der Waals surface area contributed by atoms with E-state index in [-0.39, 0.29) is 5.16 Å². The number of azo groups is 1. The highest BCUT2D eigenvalue weighted by Gasteiger charge is 2.30. The maximum absolute atomic E-state index is 10.4. The van der Waals surface area contributed by atoms with E-state index >= 15 is 0 Å². The van der Waals surface area contributed by atoms with Crippen LogP contribution in [0.25, 0.3) is 0 Å². The molecule has 0 spiro atoms. The van der Waals surface area contributed by atoms with Gasteiger partial charge in [0.2, 0.25) is 0 Å². The van der Waals surface area contributed by atoms with Gasteiger partial charge in [0, 0.05) is 0 Å². The van der Waals surface area contributed by atoms with E-state index in [0.29, 0.717) is 11.9 Å². The third-order valence-corrected chi connectivity index (χ3v) is 1.67. The van der Waals surface area contributed by atoms with Crippen LogP contribution < -0.4 is 0 Å². The zero-order valence-corrected chi connectivity index (χ0v) is 6.51. The second kappa shape index (κ2) is 2.16. The van der Waals surface area contributed by atoms with Crippen molar-refractivity contribution in [2.45, 2.75) is 19.4 Å². The summed E-state index contributed by atoms with van der Waals surface area (Å²) in [5.74, 6) is 0. The van der Waals surface area contributed by atoms with Crippen molar-refractivity contribution in [3.05, 3.63) is 10.7 Å². The number of halogens is 1. The van der Waals surface area contributed by atoms with Gasteiger partial charge in [-0.2, -0.15) is 5.11 Å². The molecule has 0 atom stereocenters. The number of hydrogen-bond acceptors (Lipinski definition) is 3. The van der Waals surface area contributed by atoms with Crippen LogP contribution in [-0.4, -0.2) is 11.8 Å². The van der Waals surface area contributed by atoms with Gasteiger partial charge in [-0.1, -0.05) is 11.6 Å². The number of aldehydes is 1.